The Hall–Kier alpha value is -1.03. The molecule has 4 nitrogen and oxygen atoms in total. The summed E-state index contributed by atoms with van der Waals surface area (Å²) in [7, 11) is 2.14. The summed E-state index contributed by atoms with van der Waals surface area (Å²) in [6.07, 6.45) is 1.92. The molecule has 0 aliphatic carbocycles. The number of nitrogens with zero attached hydrogens (tertiary/aromatic N) is 3. The van der Waals surface area contributed by atoms with Crippen LogP contribution in [0.25, 0.3) is 0 Å². The number of likely N-dealkylation sites (N-methyl/N-ethyl adjacent to an activating group) is 1. The van der Waals surface area contributed by atoms with Gasteiger partial charge in [-0.1, -0.05) is 20.8 Å². The molecule has 0 atom stereocenters. The highest BCUT2D eigenvalue weighted by Crippen LogP contribution is 2.13. The zero-order valence-electron chi connectivity index (χ0n) is 10.2. The quantitative estimate of drug-likeness (QED) is 0.818. The third-order valence-corrected chi connectivity index (χ3v) is 2.12. The van der Waals surface area contributed by atoms with Crippen molar-refractivity contribution in [2.75, 3.05) is 25.9 Å². The molecule has 4 heteroatoms. The van der Waals surface area contributed by atoms with E-state index in [1.165, 1.54) is 0 Å². The Balaban J connectivity index is 2.31. The predicted octanol–water partition coefficient (Wildman–Crippen LogP) is 1.44. The molecule has 0 amide bonds. The number of hydrogen-bond donors (Lipinski definition) is 1. The van der Waals surface area contributed by atoms with Crippen LogP contribution in [0.3, 0.4) is 0 Å². The first-order valence-electron chi connectivity index (χ1n) is 5.34. The number of nitrogens with two attached hydrogens (primary N) is 1. The average molecular weight is 210 g/mol. The maximum Gasteiger partial charge on any atom is 0.145 e. The van der Waals surface area contributed by atoms with E-state index in [2.05, 4.69) is 37.8 Å². The van der Waals surface area contributed by atoms with E-state index in [4.69, 9.17) is 5.73 Å². The molecular weight excluding hydrogens is 188 g/mol. The summed E-state index contributed by atoms with van der Waals surface area (Å²) in [4.78, 5) is 2.32. The van der Waals surface area contributed by atoms with Crippen LogP contribution in [0.5, 0.6) is 0 Å². The summed E-state index contributed by atoms with van der Waals surface area (Å²) >= 11 is 0. The fraction of sp³-hybridized carbons (Fsp3) is 0.727. The Kier molecular flexibility index (Phi) is 3.74. The Bertz CT molecular complexity index is 298. The number of aromatic nitrogens is 2. The van der Waals surface area contributed by atoms with Crippen molar-refractivity contribution < 1.29 is 0 Å². The van der Waals surface area contributed by atoms with Crippen LogP contribution in [0.4, 0.5) is 5.82 Å². The third-order valence-electron chi connectivity index (χ3n) is 2.12. The van der Waals surface area contributed by atoms with Gasteiger partial charge in [0.25, 0.3) is 0 Å². The summed E-state index contributed by atoms with van der Waals surface area (Å²) in [6, 6.07) is 1.82. The molecule has 0 spiro atoms. The van der Waals surface area contributed by atoms with Crippen molar-refractivity contribution in [1.29, 1.82) is 0 Å². The van der Waals surface area contributed by atoms with Gasteiger partial charge in [0.05, 0.1) is 6.54 Å². The van der Waals surface area contributed by atoms with E-state index in [0.29, 0.717) is 11.2 Å². The number of anilines is 1. The molecular formula is C11H22N4. The molecule has 15 heavy (non-hydrogen) atoms. The highest BCUT2D eigenvalue weighted by Gasteiger charge is 2.13. The standard InChI is InChI=1S/C11H22N4/c1-11(2,3)9-14(4)7-8-15-6-5-10(12)13-15/h5-6H,7-9H2,1-4H3,(H2,12,13). The van der Waals surface area contributed by atoms with Crippen molar-refractivity contribution in [3.05, 3.63) is 12.3 Å². The highest BCUT2D eigenvalue weighted by molar-refractivity contribution is 5.23. The lowest BCUT2D eigenvalue weighted by atomic mass is 9.96. The van der Waals surface area contributed by atoms with Gasteiger partial charge in [0, 0.05) is 19.3 Å². The molecule has 0 saturated heterocycles. The van der Waals surface area contributed by atoms with E-state index in [-0.39, 0.29) is 0 Å². The van der Waals surface area contributed by atoms with Gasteiger partial charge in [0.2, 0.25) is 0 Å². The van der Waals surface area contributed by atoms with Crippen LogP contribution in [-0.4, -0.2) is 34.8 Å². The second-order valence-corrected chi connectivity index (χ2v) is 5.30. The summed E-state index contributed by atoms with van der Waals surface area (Å²) in [6.45, 7) is 9.71. The molecule has 0 aliphatic heterocycles. The van der Waals surface area contributed by atoms with E-state index >= 15 is 0 Å². The van der Waals surface area contributed by atoms with Gasteiger partial charge < -0.3 is 10.6 Å². The monoisotopic (exact) mass is 210 g/mol. The van der Waals surface area contributed by atoms with Gasteiger partial charge in [-0.3, -0.25) is 4.68 Å². The Labute approximate surface area is 92.1 Å². The minimum Gasteiger partial charge on any atom is -0.382 e. The lowest BCUT2D eigenvalue weighted by molar-refractivity contribution is 0.218. The first kappa shape index (κ1) is 12.0. The molecule has 2 N–H and O–H groups in total. The first-order valence-corrected chi connectivity index (χ1v) is 5.34. The molecule has 0 radical (unpaired) electrons. The highest BCUT2D eigenvalue weighted by atomic mass is 15.3. The molecule has 1 aromatic rings. The van der Waals surface area contributed by atoms with Crippen molar-refractivity contribution in [1.82, 2.24) is 14.7 Å². The summed E-state index contributed by atoms with van der Waals surface area (Å²) < 4.78 is 1.88. The first-order chi connectivity index (χ1) is 6.87. The van der Waals surface area contributed by atoms with E-state index in [1.54, 1.807) is 0 Å². The van der Waals surface area contributed by atoms with Gasteiger partial charge in [-0.25, -0.2) is 0 Å². The van der Waals surface area contributed by atoms with Gasteiger partial charge in [0.15, 0.2) is 0 Å². The SMILES string of the molecule is CN(CCn1ccc(N)n1)CC(C)(C)C. The van der Waals surface area contributed by atoms with Crippen molar-refractivity contribution in [3.8, 4) is 0 Å². The molecule has 0 unspecified atom stereocenters. The second-order valence-electron chi connectivity index (χ2n) is 5.30. The smallest absolute Gasteiger partial charge is 0.145 e. The van der Waals surface area contributed by atoms with E-state index in [1.807, 2.05) is 16.9 Å². The zero-order chi connectivity index (χ0) is 11.5. The minimum absolute atomic E-state index is 0.345. The molecule has 0 bridgehead atoms. The van der Waals surface area contributed by atoms with E-state index in [0.717, 1.165) is 19.6 Å². The molecule has 86 valence electrons. The van der Waals surface area contributed by atoms with Gasteiger partial charge in [-0.05, 0) is 18.5 Å². The summed E-state index contributed by atoms with van der Waals surface area (Å²) in [5.74, 6) is 0.591. The number of rotatable bonds is 4. The second kappa shape index (κ2) is 4.66. The molecule has 0 aromatic carbocycles. The maximum atomic E-state index is 5.54. The van der Waals surface area contributed by atoms with Crippen LogP contribution in [0.15, 0.2) is 12.3 Å². The third kappa shape index (κ3) is 4.83. The lowest BCUT2D eigenvalue weighted by Crippen LogP contribution is -2.31. The van der Waals surface area contributed by atoms with Crippen LogP contribution in [0, 0.1) is 5.41 Å². The summed E-state index contributed by atoms with van der Waals surface area (Å²) in [5.41, 5.74) is 5.89. The molecule has 1 rings (SSSR count). The van der Waals surface area contributed by atoms with E-state index in [9.17, 15) is 0 Å². The summed E-state index contributed by atoms with van der Waals surface area (Å²) in [5, 5.41) is 4.15. The molecule has 0 fully saturated rings. The molecule has 0 aliphatic rings. The largest absolute Gasteiger partial charge is 0.382 e. The average Bonchev–Trinajstić information content (AvgIpc) is 2.45. The zero-order valence-corrected chi connectivity index (χ0v) is 10.2. The van der Waals surface area contributed by atoms with Crippen LogP contribution in [0.1, 0.15) is 20.8 Å². The predicted molar refractivity (Wildman–Crippen MR) is 63.6 cm³/mol. The number of nitrogen functional groups attached to an aromatic ring is 1. The minimum atomic E-state index is 0.345. The van der Waals surface area contributed by atoms with Gasteiger partial charge >= 0.3 is 0 Å². The van der Waals surface area contributed by atoms with Crippen LogP contribution in [0.2, 0.25) is 0 Å². The van der Waals surface area contributed by atoms with Crippen LogP contribution < -0.4 is 5.73 Å². The molecule has 0 saturated carbocycles. The number of hydrogen-bond acceptors (Lipinski definition) is 3. The Morgan fingerprint density at radius 3 is 2.60 bits per heavy atom. The molecule has 1 aromatic heterocycles. The fourth-order valence-electron chi connectivity index (χ4n) is 1.66. The molecule has 1 heterocycles. The van der Waals surface area contributed by atoms with Crippen molar-refractivity contribution in [3.63, 3.8) is 0 Å². The normalized spacial score (nSPS) is 12.3. The lowest BCUT2D eigenvalue weighted by Gasteiger charge is -2.26. The fourth-order valence-corrected chi connectivity index (χ4v) is 1.66. The van der Waals surface area contributed by atoms with Gasteiger partial charge in [0.1, 0.15) is 5.82 Å². The van der Waals surface area contributed by atoms with Crippen molar-refractivity contribution in [2.24, 2.45) is 5.41 Å². The van der Waals surface area contributed by atoms with Crippen molar-refractivity contribution >= 4 is 5.82 Å². The van der Waals surface area contributed by atoms with Gasteiger partial charge in [-0.15, -0.1) is 0 Å². The maximum absolute atomic E-state index is 5.54. The van der Waals surface area contributed by atoms with Crippen LogP contribution >= 0.6 is 0 Å². The Morgan fingerprint density at radius 2 is 2.13 bits per heavy atom. The van der Waals surface area contributed by atoms with Crippen LogP contribution in [-0.2, 0) is 6.54 Å². The van der Waals surface area contributed by atoms with Crippen molar-refractivity contribution in [2.45, 2.75) is 27.3 Å². The Morgan fingerprint density at radius 1 is 1.47 bits per heavy atom. The van der Waals surface area contributed by atoms with Gasteiger partial charge in [-0.2, -0.15) is 5.10 Å². The topological polar surface area (TPSA) is 47.1 Å². The van der Waals surface area contributed by atoms with E-state index < -0.39 is 0 Å².